The predicted octanol–water partition coefficient (Wildman–Crippen LogP) is 4.30. The lowest BCUT2D eigenvalue weighted by Gasteiger charge is -2.22. The molecule has 0 radical (unpaired) electrons. The average Bonchev–Trinajstić information content (AvgIpc) is 3.43. The summed E-state index contributed by atoms with van der Waals surface area (Å²) in [6, 6.07) is 15.0. The number of halogens is 1. The number of para-hydroxylation sites is 1. The second-order valence-corrected chi connectivity index (χ2v) is 7.64. The zero-order chi connectivity index (χ0) is 21.5. The molecule has 2 aromatic heterocycles. The summed E-state index contributed by atoms with van der Waals surface area (Å²) in [6.45, 7) is 0.470. The number of esters is 1. The summed E-state index contributed by atoms with van der Waals surface area (Å²) < 4.78 is 18.4. The highest BCUT2D eigenvalue weighted by atomic mass is 19.1. The Bertz CT molecular complexity index is 1310. The molecule has 2 aromatic carbocycles. The lowest BCUT2D eigenvalue weighted by Crippen LogP contribution is -2.41. The first-order valence-electron chi connectivity index (χ1n) is 10.1. The van der Waals surface area contributed by atoms with Crippen molar-refractivity contribution in [1.29, 1.82) is 0 Å². The summed E-state index contributed by atoms with van der Waals surface area (Å²) in [5, 5.41) is 1.81. The Morgan fingerprint density at radius 3 is 2.68 bits per heavy atom. The van der Waals surface area contributed by atoms with Crippen molar-refractivity contribution in [1.82, 2.24) is 14.9 Å². The van der Waals surface area contributed by atoms with E-state index >= 15 is 0 Å². The van der Waals surface area contributed by atoms with Crippen molar-refractivity contribution in [2.45, 2.75) is 18.9 Å². The molecule has 156 valence electrons. The Morgan fingerprint density at radius 1 is 1.13 bits per heavy atom. The zero-order valence-corrected chi connectivity index (χ0v) is 16.9. The summed E-state index contributed by atoms with van der Waals surface area (Å²) in [4.78, 5) is 35.1. The Kier molecular flexibility index (Phi) is 4.66. The van der Waals surface area contributed by atoms with Crippen molar-refractivity contribution in [3.63, 3.8) is 0 Å². The van der Waals surface area contributed by atoms with Crippen LogP contribution in [0.5, 0.6) is 0 Å². The van der Waals surface area contributed by atoms with Crippen LogP contribution in [-0.2, 0) is 9.53 Å². The van der Waals surface area contributed by atoms with Crippen LogP contribution in [0.1, 0.15) is 23.3 Å². The number of likely N-dealkylation sites (tertiary alicyclic amines) is 1. The molecular formula is C24H20FN3O3. The number of nitrogens with zero attached hydrogens (tertiary/aromatic N) is 2. The van der Waals surface area contributed by atoms with Gasteiger partial charge in [0.2, 0.25) is 0 Å². The van der Waals surface area contributed by atoms with Crippen LogP contribution in [0.15, 0.2) is 54.6 Å². The number of carbonyl (C=O) groups is 2. The monoisotopic (exact) mass is 417 g/mol. The number of hydrogen-bond donors (Lipinski definition) is 1. The quantitative estimate of drug-likeness (QED) is 0.505. The second kappa shape index (κ2) is 7.50. The first kappa shape index (κ1) is 19.2. The van der Waals surface area contributed by atoms with Gasteiger partial charge >= 0.3 is 5.97 Å². The minimum absolute atomic E-state index is 0.243. The predicted molar refractivity (Wildman–Crippen MR) is 115 cm³/mol. The number of benzene rings is 2. The average molecular weight is 417 g/mol. The van der Waals surface area contributed by atoms with Gasteiger partial charge in [0.15, 0.2) is 0 Å². The second-order valence-electron chi connectivity index (χ2n) is 7.64. The molecule has 0 aliphatic carbocycles. The van der Waals surface area contributed by atoms with Gasteiger partial charge in [0, 0.05) is 28.4 Å². The smallest absolute Gasteiger partial charge is 0.328 e. The van der Waals surface area contributed by atoms with Crippen LogP contribution in [0, 0.1) is 5.82 Å². The fourth-order valence-corrected chi connectivity index (χ4v) is 4.31. The Hall–Kier alpha value is -3.74. The summed E-state index contributed by atoms with van der Waals surface area (Å²) in [5.74, 6) is -1.08. The molecule has 1 aliphatic heterocycles. The number of H-pyrrole nitrogens is 1. The number of amides is 1. The van der Waals surface area contributed by atoms with E-state index in [0.29, 0.717) is 24.2 Å². The maximum atomic E-state index is 13.5. The number of fused-ring (bicyclic) bond motifs is 3. The lowest BCUT2D eigenvalue weighted by atomic mass is 10.1. The van der Waals surface area contributed by atoms with E-state index < -0.39 is 12.0 Å². The molecule has 7 heteroatoms. The van der Waals surface area contributed by atoms with Crippen LogP contribution >= 0.6 is 0 Å². The fraction of sp³-hybridized carbons (Fsp3) is 0.208. The van der Waals surface area contributed by atoms with Crippen molar-refractivity contribution in [3.05, 3.63) is 66.1 Å². The number of hydrogen-bond acceptors (Lipinski definition) is 4. The van der Waals surface area contributed by atoms with Gasteiger partial charge in [-0.1, -0.05) is 18.2 Å². The number of methoxy groups -OCH3 is 1. The van der Waals surface area contributed by atoms with Crippen LogP contribution in [0.4, 0.5) is 4.39 Å². The Morgan fingerprint density at radius 2 is 1.90 bits per heavy atom. The first-order valence-corrected chi connectivity index (χ1v) is 10.1. The zero-order valence-electron chi connectivity index (χ0n) is 16.9. The summed E-state index contributed by atoms with van der Waals surface area (Å²) in [7, 11) is 1.33. The third-order valence-corrected chi connectivity index (χ3v) is 5.82. The van der Waals surface area contributed by atoms with Crippen molar-refractivity contribution in [2.75, 3.05) is 13.7 Å². The minimum Gasteiger partial charge on any atom is -0.467 e. The van der Waals surface area contributed by atoms with E-state index in [1.165, 1.54) is 24.1 Å². The Balaban J connectivity index is 1.70. The van der Waals surface area contributed by atoms with Gasteiger partial charge < -0.3 is 14.6 Å². The third-order valence-electron chi connectivity index (χ3n) is 5.82. The van der Waals surface area contributed by atoms with Gasteiger partial charge in [-0.3, -0.25) is 4.79 Å². The topological polar surface area (TPSA) is 75.3 Å². The normalized spacial score (nSPS) is 16.2. The van der Waals surface area contributed by atoms with Crippen molar-refractivity contribution in [3.8, 4) is 11.3 Å². The van der Waals surface area contributed by atoms with Crippen molar-refractivity contribution in [2.24, 2.45) is 0 Å². The Labute approximate surface area is 177 Å². The highest BCUT2D eigenvalue weighted by molar-refractivity contribution is 6.13. The molecule has 5 rings (SSSR count). The van der Waals surface area contributed by atoms with Crippen molar-refractivity contribution < 1.29 is 18.7 Å². The molecule has 0 bridgehead atoms. The van der Waals surface area contributed by atoms with Gasteiger partial charge in [0.1, 0.15) is 17.6 Å². The maximum Gasteiger partial charge on any atom is 0.328 e. The van der Waals surface area contributed by atoms with E-state index in [1.807, 2.05) is 24.3 Å². The molecule has 6 nitrogen and oxygen atoms in total. The molecule has 1 amide bonds. The largest absolute Gasteiger partial charge is 0.467 e. The molecular weight excluding hydrogens is 397 g/mol. The third kappa shape index (κ3) is 3.22. The number of carbonyl (C=O) groups excluding carboxylic acids is 2. The molecule has 1 atom stereocenters. The van der Waals surface area contributed by atoms with E-state index in [1.54, 1.807) is 18.2 Å². The number of ether oxygens (including phenoxy) is 1. The van der Waals surface area contributed by atoms with E-state index in [0.717, 1.165) is 28.2 Å². The van der Waals surface area contributed by atoms with Crippen LogP contribution in [-0.4, -0.2) is 46.4 Å². The van der Waals surface area contributed by atoms with Crippen LogP contribution in [0.25, 0.3) is 33.1 Å². The molecule has 1 N–H and O–H groups in total. The van der Waals surface area contributed by atoms with E-state index in [-0.39, 0.29) is 17.4 Å². The number of pyridine rings is 1. The SMILES string of the molecule is COC(=O)[C@@H]1CCCN1C(=O)c1cc2c([nH]c3ccccc32)c(-c2ccc(F)cc2)n1. The minimum atomic E-state index is -0.604. The first-order chi connectivity index (χ1) is 15.1. The van der Waals surface area contributed by atoms with Crippen LogP contribution in [0.2, 0.25) is 0 Å². The maximum absolute atomic E-state index is 13.5. The van der Waals surface area contributed by atoms with Crippen LogP contribution < -0.4 is 0 Å². The molecule has 1 fully saturated rings. The lowest BCUT2D eigenvalue weighted by molar-refractivity contribution is -0.145. The summed E-state index contributed by atoms with van der Waals surface area (Å²) in [6.07, 6.45) is 1.30. The molecule has 1 aliphatic rings. The van der Waals surface area contributed by atoms with Crippen LogP contribution in [0.3, 0.4) is 0 Å². The molecule has 0 spiro atoms. The molecule has 0 unspecified atom stereocenters. The molecule has 31 heavy (non-hydrogen) atoms. The van der Waals surface area contributed by atoms with Gasteiger partial charge in [-0.05, 0) is 49.2 Å². The van der Waals surface area contributed by atoms with Crippen molar-refractivity contribution >= 4 is 33.7 Å². The van der Waals surface area contributed by atoms with E-state index in [9.17, 15) is 14.0 Å². The van der Waals surface area contributed by atoms with Gasteiger partial charge in [0.05, 0.1) is 18.3 Å². The molecule has 3 heterocycles. The highest BCUT2D eigenvalue weighted by Crippen LogP contribution is 2.33. The standard InChI is InChI=1S/C24H20FN3O3/c1-31-24(30)20-7-4-12-28(20)23(29)19-13-17-16-5-2-3-6-18(16)26-22(17)21(27-19)14-8-10-15(25)11-9-14/h2-3,5-6,8-11,13,20,26H,4,7,12H2,1H3/t20-/m0/s1. The van der Waals surface area contributed by atoms with Gasteiger partial charge in [-0.25, -0.2) is 14.2 Å². The number of aromatic nitrogens is 2. The summed E-state index contributed by atoms with van der Waals surface area (Å²) in [5.41, 5.74) is 3.19. The molecule has 0 saturated carbocycles. The van der Waals surface area contributed by atoms with Gasteiger partial charge in [0.25, 0.3) is 5.91 Å². The molecule has 1 saturated heterocycles. The highest BCUT2D eigenvalue weighted by Gasteiger charge is 2.36. The van der Waals surface area contributed by atoms with Gasteiger partial charge in [-0.15, -0.1) is 0 Å². The number of rotatable bonds is 3. The summed E-state index contributed by atoms with van der Waals surface area (Å²) >= 11 is 0. The number of nitrogens with one attached hydrogen (secondary N) is 1. The molecule has 4 aromatic rings. The van der Waals surface area contributed by atoms with Gasteiger partial charge in [-0.2, -0.15) is 0 Å². The fourth-order valence-electron chi connectivity index (χ4n) is 4.31. The number of aromatic amines is 1. The van der Waals surface area contributed by atoms with E-state index in [2.05, 4.69) is 9.97 Å². The van der Waals surface area contributed by atoms with E-state index in [4.69, 9.17) is 4.74 Å².